The number of piperazine rings is 1. The van der Waals surface area contributed by atoms with Gasteiger partial charge in [-0.25, -0.2) is 4.39 Å². The molecule has 6 heteroatoms. The molecular weight excluding hydrogens is 357 g/mol. The smallest absolute Gasteiger partial charge is 0.227 e. The summed E-state index contributed by atoms with van der Waals surface area (Å²) in [7, 11) is 0. The Bertz CT molecular complexity index is 798. The molecule has 4 rings (SSSR count). The number of benzene rings is 2. The quantitative estimate of drug-likeness (QED) is 0.813. The molecule has 148 valence electrons. The molecule has 0 aromatic heterocycles. The van der Waals surface area contributed by atoms with Crippen LogP contribution in [0.5, 0.6) is 0 Å². The van der Waals surface area contributed by atoms with Crippen LogP contribution in [0.15, 0.2) is 48.5 Å². The van der Waals surface area contributed by atoms with E-state index in [-0.39, 0.29) is 11.7 Å². The van der Waals surface area contributed by atoms with Gasteiger partial charge in [-0.2, -0.15) is 0 Å². The molecule has 2 aromatic rings. The van der Waals surface area contributed by atoms with E-state index in [1.165, 1.54) is 23.5 Å². The van der Waals surface area contributed by atoms with E-state index in [9.17, 15) is 9.18 Å². The Labute approximate surface area is 165 Å². The number of anilines is 2. The van der Waals surface area contributed by atoms with Crippen LogP contribution in [0.25, 0.3) is 0 Å². The second-order valence-electron chi connectivity index (χ2n) is 7.26. The van der Waals surface area contributed by atoms with Gasteiger partial charge in [0, 0.05) is 39.3 Å². The molecule has 2 heterocycles. The minimum Gasteiger partial charge on any atom is -0.378 e. The SMILES string of the molecule is O=C(Cc1ccc(F)cc1)N1CCN(c2ccccc2N2CCOCC2)CC1. The zero-order chi connectivity index (χ0) is 19.3. The number of rotatable bonds is 4. The highest BCUT2D eigenvalue weighted by Gasteiger charge is 2.24. The minimum atomic E-state index is -0.274. The molecule has 0 radical (unpaired) electrons. The summed E-state index contributed by atoms with van der Waals surface area (Å²) in [5.74, 6) is -0.170. The number of carbonyl (C=O) groups excluding carboxylic acids is 1. The van der Waals surface area contributed by atoms with Gasteiger partial charge in [-0.05, 0) is 29.8 Å². The van der Waals surface area contributed by atoms with Crippen molar-refractivity contribution in [2.24, 2.45) is 0 Å². The van der Waals surface area contributed by atoms with Crippen LogP contribution in [0.1, 0.15) is 5.56 Å². The largest absolute Gasteiger partial charge is 0.378 e. The zero-order valence-electron chi connectivity index (χ0n) is 16.0. The minimum absolute atomic E-state index is 0.104. The van der Waals surface area contributed by atoms with Crippen molar-refractivity contribution in [3.8, 4) is 0 Å². The molecule has 0 spiro atoms. The number of hydrogen-bond donors (Lipinski definition) is 0. The number of hydrogen-bond acceptors (Lipinski definition) is 4. The summed E-state index contributed by atoms with van der Waals surface area (Å²) in [6.07, 6.45) is 0.324. The molecule has 0 atom stereocenters. The van der Waals surface area contributed by atoms with Crippen LogP contribution in [0.3, 0.4) is 0 Å². The van der Waals surface area contributed by atoms with E-state index in [4.69, 9.17) is 4.74 Å². The highest BCUT2D eigenvalue weighted by Crippen LogP contribution is 2.30. The predicted octanol–water partition coefficient (Wildman–Crippen LogP) is 2.55. The maximum atomic E-state index is 13.0. The van der Waals surface area contributed by atoms with Crippen molar-refractivity contribution in [2.75, 3.05) is 62.3 Å². The lowest BCUT2D eigenvalue weighted by atomic mass is 10.1. The fraction of sp³-hybridized carbons (Fsp3) is 0.409. The molecule has 1 amide bonds. The number of morpholine rings is 1. The second-order valence-corrected chi connectivity index (χ2v) is 7.26. The van der Waals surface area contributed by atoms with Crippen LogP contribution < -0.4 is 9.80 Å². The Balaban J connectivity index is 1.38. The number of nitrogens with zero attached hydrogens (tertiary/aromatic N) is 3. The Morgan fingerprint density at radius 1 is 0.821 bits per heavy atom. The number of halogens is 1. The van der Waals surface area contributed by atoms with Crippen LogP contribution in [0, 0.1) is 5.82 Å². The van der Waals surface area contributed by atoms with Crippen molar-refractivity contribution in [3.05, 3.63) is 59.9 Å². The summed E-state index contributed by atoms with van der Waals surface area (Å²) in [5, 5.41) is 0. The van der Waals surface area contributed by atoms with E-state index in [1.807, 2.05) is 4.90 Å². The number of para-hydroxylation sites is 2. The summed E-state index contributed by atoms with van der Waals surface area (Å²) < 4.78 is 18.5. The van der Waals surface area contributed by atoms with Crippen molar-refractivity contribution >= 4 is 17.3 Å². The van der Waals surface area contributed by atoms with E-state index in [1.54, 1.807) is 12.1 Å². The summed E-state index contributed by atoms with van der Waals surface area (Å²) >= 11 is 0. The molecule has 0 N–H and O–H groups in total. The lowest BCUT2D eigenvalue weighted by Gasteiger charge is -2.39. The number of amides is 1. The van der Waals surface area contributed by atoms with Crippen LogP contribution >= 0.6 is 0 Å². The van der Waals surface area contributed by atoms with Crippen LogP contribution in [0.2, 0.25) is 0 Å². The van der Waals surface area contributed by atoms with Crippen LogP contribution in [-0.4, -0.2) is 63.3 Å². The van der Waals surface area contributed by atoms with Gasteiger partial charge in [0.1, 0.15) is 5.82 Å². The van der Waals surface area contributed by atoms with Gasteiger partial charge in [-0.3, -0.25) is 4.79 Å². The molecule has 0 aliphatic carbocycles. The lowest BCUT2D eigenvalue weighted by Crippen LogP contribution is -2.49. The molecule has 5 nitrogen and oxygen atoms in total. The van der Waals surface area contributed by atoms with Gasteiger partial charge < -0.3 is 19.4 Å². The average molecular weight is 383 g/mol. The zero-order valence-corrected chi connectivity index (χ0v) is 16.0. The normalized spacial score (nSPS) is 17.7. The van der Waals surface area contributed by atoms with Gasteiger partial charge in [-0.1, -0.05) is 24.3 Å². The number of carbonyl (C=O) groups is 1. The molecular formula is C22H26FN3O2. The molecule has 2 aliphatic heterocycles. The summed E-state index contributed by atoms with van der Waals surface area (Å²) in [5.41, 5.74) is 3.33. The summed E-state index contributed by atoms with van der Waals surface area (Å²) in [6.45, 7) is 6.39. The Morgan fingerprint density at radius 2 is 1.39 bits per heavy atom. The first kappa shape index (κ1) is 18.7. The molecule has 2 fully saturated rings. The Kier molecular flexibility index (Phi) is 5.76. The van der Waals surface area contributed by atoms with Crippen LogP contribution in [0.4, 0.5) is 15.8 Å². The Morgan fingerprint density at radius 3 is 2.00 bits per heavy atom. The van der Waals surface area contributed by atoms with E-state index in [0.29, 0.717) is 19.5 Å². The third kappa shape index (κ3) is 4.28. The van der Waals surface area contributed by atoms with Crippen molar-refractivity contribution in [2.45, 2.75) is 6.42 Å². The second kappa shape index (κ2) is 8.61. The summed E-state index contributed by atoms with van der Waals surface area (Å²) in [4.78, 5) is 19.3. The van der Waals surface area contributed by atoms with Crippen molar-refractivity contribution in [1.29, 1.82) is 0 Å². The van der Waals surface area contributed by atoms with Gasteiger partial charge in [-0.15, -0.1) is 0 Å². The van der Waals surface area contributed by atoms with Crippen molar-refractivity contribution < 1.29 is 13.9 Å². The van der Waals surface area contributed by atoms with Gasteiger partial charge >= 0.3 is 0 Å². The van der Waals surface area contributed by atoms with Gasteiger partial charge in [0.2, 0.25) is 5.91 Å². The van der Waals surface area contributed by atoms with Crippen molar-refractivity contribution in [3.63, 3.8) is 0 Å². The van der Waals surface area contributed by atoms with Gasteiger partial charge in [0.05, 0.1) is 31.0 Å². The standard InChI is InChI=1S/C22H26FN3O2/c23-19-7-5-18(6-8-19)17-22(27)26-11-9-24(10-12-26)20-3-1-2-4-21(20)25-13-15-28-16-14-25/h1-8H,9-17H2. The molecule has 28 heavy (non-hydrogen) atoms. The van der Waals surface area contributed by atoms with E-state index >= 15 is 0 Å². The highest BCUT2D eigenvalue weighted by atomic mass is 19.1. The van der Waals surface area contributed by atoms with Crippen LogP contribution in [-0.2, 0) is 16.0 Å². The summed E-state index contributed by atoms with van der Waals surface area (Å²) in [6, 6.07) is 14.7. The third-order valence-electron chi connectivity index (χ3n) is 5.48. The molecule has 2 aromatic carbocycles. The predicted molar refractivity (Wildman–Crippen MR) is 108 cm³/mol. The Hall–Kier alpha value is -2.60. The van der Waals surface area contributed by atoms with E-state index in [2.05, 4.69) is 34.1 Å². The van der Waals surface area contributed by atoms with Gasteiger partial charge in [0.25, 0.3) is 0 Å². The lowest BCUT2D eigenvalue weighted by molar-refractivity contribution is -0.130. The topological polar surface area (TPSA) is 36.0 Å². The first-order valence-electron chi connectivity index (χ1n) is 9.89. The van der Waals surface area contributed by atoms with Crippen molar-refractivity contribution in [1.82, 2.24) is 4.90 Å². The molecule has 2 saturated heterocycles. The molecule has 0 bridgehead atoms. The maximum Gasteiger partial charge on any atom is 0.227 e. The fourth-order valence-corrected chi connectivity index (χ4v) is 3.89. The monoisotopic (exact) mass is 383 g/mol. The van der Waals surface area contributed by atoms with E-state index in [0.717, 1.165) is 45.0 Å². The molecule has 0 saturated carbocycles. The first-order chi connectivity index (χ1) is 13.7. The number of ether oxygens (including phenoxy) is 1. The molecule has 0 unspecified atom stereocenters. The first-order valence-corrected chi connectivity index (χ1v) is 9.89. The van der Waals surface area contributed by atoms with Gasteiger partial charge in [0.15, 0.2) is 0 Å². The molecule has 2 aliphatic rings. The average Bonchev–Trinajstić information content (AvgIpc) is 2.76. The third-order valence-corrected chi connectivity index (χ3v) is 5.48. The van der Waals surface area contributed by atoms with E-state index < -0.39 is 0 Å². The fourth-order valence-electron chi connectivity index (χ4n) is 3.89. The maximum absolute atomic E-state index is 13.0. The highest BCUT2D eigenvalue weighted by molar-refractivity contribution is 5.79.